The molecule has 2 heterocycles. The molecule has 0 amide bonds. The number of pyridine rings is 1. The van der Waals surface area contributed by atoms with E-state index in [1.807, 2.05) is 0 Å². The summed E-state index contributed by atoms with van der Waals surface area (Å²) in [6.45, 7) is 0.865. The molecule has 0 aliphatic carbocycles. The molecular weight excluding hydrogens is 266 g/mol. The van der Waals surface area contributed by atoms with E-state index in [-0.39, 0.29) is 17.6 Å². The van der Waals surface area contributed by atoms with Crippen LogP contribution in [0.15, 0.2) is 23.4 Å². The molecule has 0 saturated carbocycles. The molecule has 1 unspecified atom stereocenters. The Bertz CT molecular complexity index is 533. The Balaban J connectivity index is 2.31. The highest BCUT2D eigenvalue weighted by atomic mass is 32.2. The lowest BCUT2D eigenvalue weighted by Crippen LogP contribution is -2.41. The van der Waals surface area contributed by atoms with E-state index in [1.54, 1.807) is 19.2 Å². The van der Waals surface area contributed by atoms with Crippen molar-refractivity contribution >= 4 is 15.7 Å². The number of piperidine rings is 1. The van der Waals surface area contributed by atoms with Gasteiger partial charge in [0.05, 0.1) is 5.69 Å². The molecule has 1 atom stereocenters. The van der Waals surface area contributed by atoms with Gasteiger partial charge in [-0.2, -0.15) is 4.31 Å². The van der Waals surface area contributed by atoms with Crippen LogP contribution >= 0.6 is 0 Å². The van der Waals surface area contributed by atoms with Crippen molar-refractivity contribution in [2.75, 3.05) is 32.1 Å². The third-order valence-electron chi connectivity index (χ3n) is 3.36. The maximum Gasteiger partial charge on any atom is 0.262 e. The first-order valence-electron chi connectivity index (χ1n) is 6.33. The molecule has 1 aromatic rings. The monoisotopic (exact) mass is 285 g/mol. The number of nitrogens with zero attached hydrogens (tertiary/aromatic N) is 2. The summed E-state index contributed by atoms with van der Waals surface area (Å²) < 4.78 is 26.6. The van der Waals surface area contributed by atoms with E-state index in [0.29, 0.717) is 18.8 Å². The summed E-state index contributed by atoms with van der Waals surface area (Å²) in [5.41, 5.74) is 0.494. The topological polar surface area (TPSA) is 82.5 Å². The molecule has 1 aliphatic rings. The second kappa shape index (κ2) is 5.85. The van der Waals surface area contributed by atoms with Gasteiger partial charge in [0.15, 0.2) is 5.03 Å². The van der Waals surface area contributed by atoms with Crippen molar-refractivity contribution in [2.24, 2.45) is 5.92 Å². The van der Waals surface area contributed by atoms with Gasteiger partial charge in [0.2, 0.25) is 0 Å². The highest BCUT2D eigenvalue weighted by molar-refractivity contribution is 7.89. The SMILES string of the molecule is CNc1cccnc1S(=O)(=O)N1CCCC(CO)C1. The minimum absolute atomic E-state index is 0.0188. The summed E-state index contributed by atoms with van der Waals surface area (Å²) in [4.78, 5) is 3.99. The highest BCUT2D eigenvalue weighted by Crippen LogP contribution is 2.26. The van der Waals surface area contributed by atoms with Crippen molar-refractivity contribution in [1.29, 1.82) is 0 Å². The van der Waals surface area contributed by atoms with Gasteiger partial charge in [-0.05, 0) is 30.9 Å². The third-order valence-corrected chi connectivity index (χ3v) is 5.19. The highest BCUT2D eigenvalue weighted by Gasteiger charge is 2.32. The lowest BCUT2D eigenvalue weighted by atomic mass is 10.0. The fourth-order valence-electron chi connectivity index (χ4n) is 2.30. The third kappa shape index (κ3) is 2.88. The summed E-state index contributed by atoms with van der Waals surface area (Å²) in [6.07, 6.45) is 3.11. The first-order valence-corrected chi connectivity index (χ1v) is 7.77. The largest absolute Gasteiger partial charge is 0.396 e. The first kappa shape index (κ1) is 14.2. The van der Waals surface area contributed by atoms with E-state index in [4.69, 9.17) is 0 Å². The summed E-state index contributed by atoms with van der Waals surface area (Å²) in [5.74, 6) is 0.0188. The van der Waals surface area contributed by atoms with Crippen molar-refractivity contribution in [3.63, 3.8) is 0 Å². The number of hydrogen-bond donors (Lipinski definition) is 2. The van der Waals surface area contributed by atoms with Gasteiger partial charge in [-0.25, -0.2) is 13.4 Å². The Morgan fingerprint density at radius 3 is 3.05 bits per heavy atom. The zero-order valence-electron chi connectivity index (χ0n) is 10.9. The maximum absolute atomic E-state index is 12.6. The van der Waals surface area contributed by atoms with Crippen LogP contribution in [0.3, 0.4) is 0 Å². The molecular formula is C12H19N3O3S. The molecule has 0 spiro atoms. The smallest absolute Gasteiger partial charge is 0.262 e. The van der Waals surface area contributed by atoms with Crippen LogP contribution in [0.2, 0.25) is 0 Å². The van der Waals surface area contributed by atoms with Crippen LogP contribution < -0.4 is 5.32 Å². The standard InChI is InChI=1S/C12H19N3O3S/c1-13-11-5-2-6-14-12(11)19(17,18)15-7-3-4-10(8-15)9-16/h2,5-6,10,13,16H,3-4,7-9H2,1H3. The molecule has 0 aromatic carbocycles. The number of anilines is 1. The van der Waals surface area contributed by atoms with Gasteiger partial charge in [-0.3, -0.25) is 0 Å². The van der Waals surface area contributed by atoms with Crippen LogP contribution in [-0.2, 0) is 10.0 Å². The first-order chi connectivity index (χ1) is 9.09. The Kier molecular flexibility index (Phi) is 4.38. The molecule has 19 heavy (non-hydrogen) atoms. The zero-order chi connectivity index (χ0) is 13.9. The number of hydrogen-bond acceptors (Lipinski definition) is 5. The predicted octanol–water partition coefficient (Wildman–Crippen LogP) is 0.516. The van der Waals surface area contributed by atoms with Gasteiger partial charge >= 0.3 is 0 Å². The van der Waals surface area contributed by atoms with Crippen molar-refractivity contribution < 1.29 is 13.5 Å². The van der Waals surface area contributed by atoms with E-state index in [9.17, 15) is 13.5 Å². The quantitative estimate of drug-likeness (QED) is 0.842. The Morgan fingerprint density at radius 1 is 1.58 bits per heavy atom. The fourth-order valence-corrected chi connectivity index (χ4v) is 3.97. The van der Waals surface area contributed by atoms with E-state index in [0.717, 1.165) is 12.8 Å². The molecule has 0 bridgehead atoms. The molecule has 0 radical (unpaired) electrons. The molecule has 1 aliphatic heterocycles. The minimum Gasteiger partial charge on any atom is -0.396 e. The van der Waals surface area contributed by atoms with Crippen LogP contribution in [0.5, 0.6) is 0 Å². The average molecular weight is 285 g/mol. The Morgan fingerprint density at radius 2 is 2.37 bits per heavy atom. The summed E-state index contributed by atoms with van der Waals surface area (Å²) in [7, 11) is -1.93. The van der Waals surface area contributed by atoms with E-state index < -0.39 is 10.0 Å². The van der Waals surface area contributed by atoms with Gasteiger partial charge in [-0.1, -0.05) is 0 Å². The van der Waals surface area contributed by atoms with Crippen LogP contribution in [0.25, 0.3) is 0 Å². The van der Waals surface area contributed by atoms with Gasteiger partial charge in [0.1, 0.15) is 0 Å². The van der Waals surface area contributed by atoms with Crippen molar-refractivity contribution in [3.05, 3.63) is 18.3 Å². The molecule has 106 valence electrons. The maximum atomic E-state index is 12.6. The lowest BCUT2D eigenvalue weighted by molar-refractivity contribution is 0.165. The molecule has 2 rings (SSSR count). The zero-order valence-corrected chi connectivity index (χ0v) is 11.7. The van der Waals surface area contributed by atoms with Crippen LogP contribution in [-0.4, -0.2) is 49.6 Å². The fraction of sp³-hybridized carbons (Fsp3) is 0.583. The second-order valence-corrected chi connectivity index (χ2v) is 6.51. The van der Waals surface area contributed by atoms with Gasteiger partial charge in [0, 0.05) is 32.9 Å². The molecule has 2 N–H and O–H groups in total. The van der Waals surface area contributed by atoms with Crippen molar-refractivity contribution in [1.82, 2.24) is 9.29 Å². The number of aromatic nitrogens is 1. The molecule has 1 saturated heterocycles. The second-order valence-electron chi connectivity index (χ2n) is 4.66. The van der Waals surface area contributed by atoms with E-state index >= 15 is 0 Å². The minimum atomic E-state index is -3.60. The summed E-state index contributed by atoms with van der Waals surface area (Å²) >= 11 is 0. The summed E-state index contributed by atoms with van der Waals surface area (Å²) in [6, 6.07) is 3.38. The number of nitrogens with one attached hydrogen (secondary N) is 1. The van der Waals surface area contributed by atoms with Crippen LogP contribution in [0.1, 0.15) is 12.8 Å². The molecule has 6 nitrogen and oxygen atoms in total. The lowest BCUT2D eigenvalue weighted by Gasteiger charge is -2.30. The molecule has 7 heteroatoms. The number of rotatable bonds is 4. The molecule has 1 fully saturated rings. The van der Waals surface area contributed by atoms with Gasteiger partial charge < -0.3 is 10.4 Å². The normalized spacial score (nSPS) is 21.3. The van der Waals surface area contributed by atoms with Crippen LogP contribution in [0, 0.1) is 5.92 Å². The molecule has 1 aromatic heterocycles. The Hall–Kier alpha value is -1.18. The van der Waals surface area contributed by atoms with E-state index in [2.05, 4.69) is 10.3 Å². The van der Waals surface area contributed by atoms with Crippen LogP contribution in [0.4, 0.5) is 5.69 Å². The van der Waals surface area contributed by atoms with Crippen molar-refractivity contribution in [2.45, 2.75) is 17.9 Å². The van der Waals surface area contributed by atoms with E-state index in [1.165, 1.54) is 10.5 Å². The number of aliphatic hydroxyl groups is 1. The number of sulfonamides is 1. The predicted molar refractivity (Wildman–Crippen MR) is 72.4 cm³/mol. The summed E-state index contributed by atoms with van der Waals surface area (Å²) in [5, 5.41) is 12.1. The van der Waals surface area contributed by atoms with Crippen molar-refractivity contribution in [3.8, 4) is 0 Å². The number of aliphatic hydroxyl groups excluding tert-OH is 1. The van der Waals surface area contributed by atoms with Gasteiger partial charge in [-0.15, -0.1) is 0 Å². The average Bonchev–Trinajstić information content (AvgIpc) is 2.47. The Labute approximate surface area is 113 Å². The van der Waals surface area contributed by atoms with Gasteiger partial charge in [0.25, 0.3) is 10.0 Å².